The summed E-state index contributed by atoms with van der Waals surface area (Å²) in [4.78, 5) is 49.0. The highest BCUT2D eigenvalue weighted by Crippen LogP contribution is 2.37. The second-order valence-electron chi connectivity index (χ2n) is 15.0. The second kappa shape index (κ2) is 14.8. The molecular formula is C38H48F3N7O3. The van der Waals surface area contributed by atoms with Crippen molar-refractivity contribution in [3.05, 3.63) is 59.3 Å². The average molecular weight is 708 g/mol. The third kappa shape index (κ3) is 7.88. The molecular weight excluding hydrogens is 659 g/mol. The highest BCUT2D eigenvalue weighted by Gasteiger charge is 2.38. The Kier molecular flexibility index (Phi) is 10.3. The van der Waals surface area contributed by atoms with E-state index in [1.54, 1.807) is 11.0 Å². The number of aromatic nitrogens is 2. The first-order chi connectivity index (χ1) is 24.5. The number of rotatable bonds is 7. The Hall–Kier alpha value is -4.13. The van der Waals surface area contributed by atoms with Crippen LogP contribution >= 0.6 is 0 Å². The molecule has 1 aromatic heterocycles. The summed E-state index contributed by atoms with van der Waals surface area (Å²) in [7, 11) is 2.15. The SMILES string of the molecule is CN1CCC(C2CCN(C(=O)C(CC(=O)N3CCC(N4CCc5ccccc5NC4=O)CC3)Cc3cc(C(F)(F)F)c4[nH]ncc4c3)CC2)CC1. The van der Waals surface area contributed by atoms with Crippen molar-refractivity contribution >= 4 is 34.4 Å². The van der Waals surface area contributed by atoms with Gasteiger partial charge in [0.05, 0.1) is 23.2 Å². The number of halogens is 3. The molecule has 1 unspecified atom stereocenters. The van der Waals surface area contributed by atoms with Crippen LogP contribution < -0.4 is 5.32 Å². The first-order valence-corrected chi connectivity index (χ1v) is 18.5. The molecule has 3 fully saturated rings. The Labute approximate surface area is 296 Å². The van der Waals surface area contributed by atoms with Gasteiger partial charge in [-0.2, -0.15) is 18.3 Å². The number of fused-ring (bicyclic) bond motifs is 2. The van der Waals surface area contributed by atoms with Gasteiger partial charge in [-0.1, -0.05) is 18.2 Å². The molecule has 10 nitrogen and oxygen atoms in total. The molecule has 0 aliphatic carbocycles. The van der Waals surface area contributed by atoms with Crippen LogP contribution in [0.5, 0.6) is 0 Å². The molecule has 4 amide bonds. The van der Waals surface area contributed by atoms with Gasteiger partial charge in [-0.05, 0) is 113 Å². The van der Waals surface area contributed by atoms with Gasteiger partial charge in [0.15, 0.2) is 0 Å². The summed E-state index contributed by atoms with van der Waals surface area (Å²) in [6.07, 6.45) is 2.81. The van der Waals surface area contributed by atoms with Crippen molar-refractivity contribution in [3.63, 3.8) is 0 Å². The van der Waals surface area contributed by atoms with Crippen LogP contribution in [0, 0.1) is 17.8 Å². The molecule has 51 heavy (non-hydrogen) atoms. The van der Waals surface area contributed by atoms with Crippen molar-refractivity contribution in [3.8, 4) is 0 Å². The monoisotopic (exact) mass is 707 g/mol. The zero-order valence-corrected chi connectivity index (χ0v) is 29.3. The number of alkyl halides is 3. The minimum atomic E-state index is -4.61. The number of piperidine rings is 3. The number of aromatic amines is 1. The van der Waals surface area contributed by atoms with Crippen molar-refractivity contribution in [2.24, 2.45) is 17.8 Å². The number of benzene rings is 2. The second-order valence-corrected chi connectivity index (χ2v) is 15.0. The lowest BCUT2D eigenvalue weighted by molar-refractivity contribution is -0.143. The number of nitrogens with zero attached hydrogens (tertiary/aromatic N) is 5. The maximum Gasteiger partial charge on any atom is 0.418 e. The summed E-state index contributed by atoms with van der Waals surface area (Å²) in [6.45, 7) is 4.86. The normalized spacial score (nSPS) is 21.0. The number of carbonyl (C=O) groups is 3. The van der Waals surface area contributed by atoms with E-state index in [2.05, 4.69) is 27.5 Å². The van der Waals surface area contributed by atoms with Crippen molar-refractivity contribution in [2.75, 3.05) is 58.2 Å². The van der Waals surface area contributed by atoms with Crippen molar-refractivity contribution in [1.82, 2.24) is 29.8 Å². The largest absolute Gasteiger partial charge is 0.418 e. The number of amides is 4. The lowest BCUT2D eigenvalue weighted by Gasteiger charge is -2.40. The third-order valence-corrected chi connectivity index (χ3v) is 11.8. The Balaban J connectivity index is 1.03. The number of hydrogen-bond donors (Lipinski definition) is 2. The molecule has 13 heteroatoms. The lowest BCUT2D eigenvalue weighted by Crippen LogP contribution is -2.50. The van der Waals surface area contributed by atoms with Crippen molar-refractivity contribution in [2.45, 2.75) is 70.0 Å². The molecule has 4 aliphatic rings. The molecule has 0 bridgehead atoms. The van der Waals surface area contributed by atoms with Gasteiger partial charge in [-0.25, -0.2) is 4.79 Å². The molecule has 2 aromatic carbocycles. The topological polar surface area (TPSA) is 105 Å². The molecule has 274 valence electrons. The number of likely N-dealkylation sites (tertiary alicyclic amines) is 3. The molecule has 1 atom stereocenters. The van der Waals surface area contributed by atoms with E-state index in [0.29, 0.717) is 68.4 Å². The van der Waals surface area contributed by atoms with Crippen molar-refractivity contribution < 1.29 is 27.6 Å². The Morgan fingerprint density at radius 2 is 1.57 bits per heavy atom. The van der Waals surface area contributed by atoms with E-state index in [0.717, 1.165) is 62.5 Å². The van der Waals surface area contributed by atoms with E-state index < -0.39 is 17.7 Å². The third-order valence-electron chi connectivity index (χ3n) is 11.8. The minimum absolute atomic E-state index is 0.0193. The predicted molar refractivity (Wildman–Crippen MR) is 188 cm³/mol. The van der Waals surface area contributed by atoms with Gasteiger partial charge in [0, 0.05) is 56.3 Å². The number of urea groups is 1. The summed E-state index contributed by atoms with van der Waals surface area (Å²) >= 11 is 0. The van der Waals surface area contributed by atoms with Gasteiger partial charge in [0.1, 0.15) is 0 Å². The predicted octanol–water partition coefficient (Wildman–Crippen LogP) is 5.79. The molecule has 2 N–H and O–H groups in total. The number of anilines is 1. The van der Waals surface area contributed by atoms with E-state index in [4.69, 9.17) is 0 Å². The Morgan fingerprint density at radius 1 is 0.902 bits per heavy atom. The summed E-state index contributed by atoms with van der Waals surface area (Å²) < 4.78 is 42.3. The van der Waals surface area contributed by atoms with Crippen LogP contribution in [0.3, 0.4) is 0 Å². The first kappa shape index (κ1) is 35.3. The maximum absolute atomic E-state index is 14.2. The molecule has 0 radical (unpaired) electrons. The number of hydrogen-bond acceptors (Lipinski definition) is 5. The van der Waals surface area contributed by atoms with Crippen molar-refractivity contribution in [1.29, 1.82) is 0 Å². The number of H-pyrrole nitrogens is 1. The van der Waals surface area contributed by atoms with Crippen LogP contribution in [0.4, 0.5) is 23.7 Å². The van der Waals surface area contributed by atoms with Crippen LogP contribution in [-0.2, 0) is 28.6 Å². The summed E-state index contributed by atoms with van der Waals surface area (Å²) in [5, 5.41) is 9.64. The summed E-state index contributed by atoms with van der Waals surface area (Å²) in [5.41, 5.74) is 1.36. The highest BCUT2D eigenvalue weighted by molar-refractivity contribution is 5.91. The van der Waals surface area contributed by atoms with E-state index in [-0.39, 0.29) is 42.2 Å². The van der Waals surface area contributed by atoms with Gasteiger partial charge in [0.2, 0.25) is 11.8 Å². The van der Waals surface area contributed by atoms with Gasteiger partial charge >= 0.3 is 12.2 Å². The lowest BCUT2D eigenvalue weighted by atomic mass is 9.78. The van der Waals surface area contributed by atoms with Crippen LogP contribution in [0.15, 0.2) is 42.6 Å². The molecule has 3 aromatic rings. The molecule has 4 aliphatic heterocycles. The average Bonchev–Trinajstić information content (AvgIpc) is 3.53. The van der Waals surface area contributed by atoms with Gasteiger partial charge in [-0.3, -0.25) is 14.7 Å². The smallest absolute Gasteiger partial charge is 0.343 e. The maximum atomic E-state index is 14.2. The van der Waals surface area contributed by atoms with Gasteiger partial charge in [0.25, 0.3) is 0 Å². The fourth-order valence-electron chi connectivity index (χ4n) is 8.85. The van der Waals surface area contributed by atoms with Crippen LogP contribution in [0.2, 0.25) is 0 Å². The van der Waals surface area contributed by atoms with E-state index in [1.807, 2.05) is 34.1 Å². The number of carbonyl (C=O) groups excluding carboxylic acids is 3. The standard InChI is InChI=1S/C38H48F3N7O3/c1-45-13-6-26(7-14-45)27-8-15-47(16-9-27)36(50)29(20-25-21-30-24-42-44-35(30)32(22-25)38(39,40)41)23-34(49)46-17-11-31(12-18-46)48-19-10-28-4-2-3-5-33(28)43-37(48)51/h2-5,21-22,24,26-27,29,31H,6-20,23H2,1H3,(H,42,44)(H,43,51). The molecule has 0 spiro atoms. The van der Waals surface area contributed by atoms with Crippen LogP contribution in [0.1, 0.15) is 61.6 Å². The Morgan fingerprint density at radius 3 is 2.27 bits per heavy atom. The first-order valence-electron chi connectivity index (χ1n) is 18.5. The fraction of sp³-hybridized carbons (Fsp3) is 0.579. The fourth-order valence-corrected chi connectivity index (χ4v) is 8.85. The van der Waals surface area contributed by atoms with E-state index in [1.165, 1.54) is 6.20 Å². The van der Waals surface area contributed by atoms with E-state index in [9.17, 15) is 27.6 Å². The zero-order valence-electron chi connectivity index (χ0n) is 29.3. The van der Waals surface area contributed by atoms with Gasteiger partial charge < -0.3 is 24.9 Å². The molecule has 0 saturated carbocycles. The number of nitrogens with one attached hydrogen (secondary N) is 2. The van der Waals surface area contributed by atoms with Crippen LogP contribution in [-0.4, -0.2) is 107 Å². The van der Waals surface area contributed by atoms with E-state index >= 15 is 0 Å². The zero-order chi connectivity index (χ0) is 35.7. The quantitative estimate of drug-likeness (QED) is 0.324. The number of para-hydroxylation sites is 1. The highest BCUT2D eigenvalue weighted by atomic mass is 19.4. The summed E-state index contributed by atoms with van der Waals surface area (Å²) in [6, 6.07) is 10.4. The molecule has 5 heterocycles. The summed E-state index contributed by atoms with van der Waals surface area (Å²) in [5.74, 6) is 0.0673. The minimum Gasteiger partial charge on any atom is -0.343 e. The Bertz CT molecular complexity index is 1720. The molecule has 7 rings (SSSR count). The van der Waals surface area contributed by atoms with Gasteiger partial charge in [-0.15, -0.1) is 0 Å². The molecule has 3 saturated heterocycles. The van der Waals surface area contributed by atoms with Crippen LogP contribution in [0.25, 0.3) is 10.9 Å².